The van der Waals surface area contributed by atoms with Gasteiger partial charge in [0.05, 0.1) is 16.1 Å². The minimum atomic E-state index is -0.646. The van der Waals surface area contributed by atoms with Gasteiger partial charge >= 0.3 is 5.82 Å². The first-order chi connectivity index (χ1) is 5.65. The number of hydrogen-bond acceptors (Lipinski definition) is 4. The second-order valence-electron chi connectivity index (χ2n) is 1.89. The molecule has 60 valence electrons. The molecular weight excluding hydrogens is 226 g/mol. The molecule has 5 nitrogen and oxygen atoms in total. The van der Waals surface area contributed by atoms with E-state index < -0.39 is 4.92 Å². The van der Waals surface area contributed by atoms with Gasteiger partial charge in [0.15, 0.2) is 6.20 Å². The lowest BCUT2D eigenvalue weighted by Crippen LogP contribution is -1.92. The zero-order valence-corrected chi connectivity index (χ0v) is 7.28. The fourth-order valence-corrected chi connectivity index (χ4v) is 0.919. The van der Waals surface area contributed by atoms with E-state index >= 15 is 0 Å². The molecule has 0 radical (unpaired) electrons. The maximum atomic E-state index is 10.2. The first kappa shape index (κ1) is 8.62. The van der Waals surface area contributed by atoms with E-state index in [9.17, 15) is 10.1 Å². The van der Waals surface area contributed by atoms with Gasteiger partial charge in [-0.25, -0.2) is 0 Å². The van der Waals surface area contributed by atoms with Crippen LogP contribution in [0.3, 0.4) is 0 Å². The van der Waals surface area contributed by atoms with Gasteiger partial charge in [0, 0.05) is 0 Å². The van der Waals surface area contributed by atoms with E-state index in [0.29, 0.717) is 4.47 Å². The highest BCUT2D eigenvalue weighted by Gasteiger charge is 2.10. The maximum absolute atomic E-state index is 10.2. The lowest BCUT2D eigenvalue weighted by molar-refractivity contribution is -0.389. The molecule has 1 aromatic rings. The van der Waals surface area contributed by atoms with Gasteiger partial charge in [0.1, 0.15) is 6.07 Å². The normalized spacial score (nSPS) is 9.00. The van der Waals surface area contributed by atoms with Gasteiger partial charge in [-0.05, 0) is 25.8 Å². The summed E-state index contributed by atoms with van der Waals surface area (Å²) in [7, 11) is 0. The fraction of sp³-hybridized carbons (Fsp3) is 0. The molecule has 0 fully saturated rings. The predicted octanol–water partition coefficient (Wildman–Crippen LogP) is 1.62. The molecule has 0 atom stereocenters. The van der Waals surface area contributed by atoms with Crippen LogP contribution in [-0.4, -0.2) is 9.91 Å². The second-order valence-corrected chi connectivity index (χ2v) is 2.75. The second kappa shape index (κ2) is 3.28. The third-order valence-electron chi connectivity index (χ3n) is 1.15. The SMILES string of the molecule is N#Cc1cc([N+](=O)[O-])ncc1Br. The van der Waals surface area contributed by atoms with Crippen LogP contribution in [-0.2, 0) is 0 Å². The molecule has 12 heavy (non-hydrogen) atoms. The summed E-state index contributed by atoms with van der Waals surface area (Å²) in [5.74, 6) is -0.324. The van der Waals surface area contributed by atoms with Crippen LogP contribution in [0.25, 0.3) is 0 Å². The Balaban J connectivity index is 3.25. The summed E-state index contributed by atoms with van der Waals surface area (Å²) >= 11 is 3.03. The monoisotopic (exact) mass is 227 g/mol. The van der Waals surface area contributed by atoms with Crippen molar-refractivity contribution in [1.82, 2.24) is 4.98 Å². The van der Waals surface area contributed by atoms with Crippen molar-refractivity contribution in [3.8, 4) is 6.07 Å². The number of nitro groups is 1. The molecule has 0 spiro atoms. The molecule has 0 saturated heterocycles. The topological polar surface area (TPSA) is 79.8 Å². The molecule has 6 heteroatoms. The fourth-order valence-electron chi connectivity index (χ4n) is 0.613. The van der Waals surface area contributed by atoms with E-state index in [2.05, 4.69) is 20.9 Å². The highest BCUT2D eigenvalue weighted by molar-refractivity contribution is 9.10. The van der Waals surface area contributed by atoms with E-state index in [4.69, 9.17) is 5.26 Å². The smallest absolute Gasteiger partial charge is 0.358 e. The van der Waals surface area contributed by atoms with E-state index in [1.807, 2.05) is 0 Å². The molecule has 0 aliphatic rings. The minimum Gasteiger partial charge on any atom is -0.358 e. The number of aromatic nitrogens is 1. The van der Waals surface area contributed by atoms with E-state index in [0.717, 1.165) is 6.07 Å². The van der Waals surface area contributed by atoms with Gasteiger partial charge in [-0.2, -0.15) is 5.26 Å². The average molecular weight is 228 g/mol. The molecule has 0 aliphatic heterocycles. The molecule has 0 unspecified atom stereocenters. The van der Waals surface area contributed by atoms with Crippen molar-refractivity contribution >= 4 is 21.7 Å². The maximum Gasteiger partial charge on any atom is 0.364 e. The van der Waals surface area contributed by atoms with Gasteiger partial charge in [-0.15, -0.1) is 0 Å². The molecule has 1 heterocycles. The molecule has 0 aliphatic carbocycles. The zero-order chi connectivity index (χ0) is 9.14. The number of hydrogen-bond donors (Lipinski definition) is 0. The Kier molecular flexibility index (Phi) is 2.35. The number of nitriles is 1. The van der Waals surface area contributed by atoms with Crippen LogP contribution >= 0.6 is 15.9 Å². The van der Waals surface area contributed by atoms with Crippen molar-refractivity contribution in [2.24, 2.45) is 0 Å². The van der Waals surface area contributed by atoms with E-state index in [1.54, 1.807) is 6.07 Å². The van der Waals surface area contributed by atoms with Crippen LogP contribution in [0.4, 0.5) is 5.82 Å². The summed E-state index contributed by atoms with van der Waals surface area (Å²) < 4.78 is 0.454. The summed E-state index contributed by atoms with van der Waals surface area (Å²) in [4.78, 5) is 13.0. The van der Waals surface area contributed by atoms with E-state index in [1.165, 1.54) is 6.20 Å². The molecule has 1 aromatic heterocycles. The van der Waals surface area contributed by atoms with Gasteiger partial charge < -0.3 is 10.1 Å². The molecule has 0 bridgehead atoms. The van der Waals surface area contributed by atoms with E-state index in [-0.39, 0.29) is 11.4 Å². The third-order valence-corrected chi connectivity index (χ3v) is 1.78. The number of nitrogens with zero attached hydrogens (tertiary/aromatic N) is 3. The Hall–Kier alpha value is -1.48. The standard InChI is InChI=1S/C6H2BrN3O2/c7-5-3-9-6(10(11)12)1-4(5)2-8/h1,3H. The van der Waals surface area contributed by atoms with Gasteiger partial charge in [0.2, 0.25) is 0 Å². The minimum absolute atomic E-state index is 0.205. The number of halogens is 1. The van der Waals surface area contributed by atoms with Crippen molar-refractivity contribution in [1.29, 1.82) is 5.26 Å². The third kappa shape index (κ3) is 1.57. The molecule has 0 amide bonds. The van der Waals surface area contributed by atoms with Crippen molar-refractivity contribution in [3.63, 3.8) is 0 Å². The summed E-state index contributed by atoms with van der Waals surface area (Å²) in [6.45, 7) is 0. The van der Waals surface area contributed by atoms with Crippen molar-refractivity contribution < 1.29 is 4.92 Å². The first-order valence-electron chi connectivity index (χ1n) is 2.85. The van der Waals surface area contributed by atoms with Crippen LogP contribution in [0.5, 0.6) is 0 Å². The summed E-state index contributed by atoms with van der Waals surface area (Å²) in [5.41, 5.74) is 0.205. The van der Waals surface area contributed by atoms with Crippen LogP contribution in [0.1, 0.15) is 5.56 Å². The van der Waals surface area contributed by atoms with Crippen LogP contribution < -0.4 is 0 Å². The summed E-state index contributed by atoms with van der Waals surface area (Å²) in [6, 6.07) is 2.91. The summed E-state index contributed by atoms with van der Waals surface area (Å²) in [6.07, 6.45) is 1.23. The first-order valence-corrected chi connectivity index (χ1v) is 3.64. The van der Waals surface area contributed by atoms with Crippen LogP contribution in [0.15, 0.2) is 16.7 Å². The van der Waals surface area contributed by atoms with Crippen molar-refractivity contribution in [2.75, 3.05) is 0 Å². The Bertz CT molecular complexity index is 372. The number of rotatable bonds is 1. The Morgan fingerprint density at radius 1 is 1.75 bits per heavy atom. The largest absolute Gasteiger partial charge is 0.364 e. The van der Waals surface area contributed by atoms with Crippen molar-refractivity contribution in [3.05, 3.63) is 32.4 Å². The Labute approximate surface area is 75.9 Å². The quantitative estimate of drug-likeness (QED) is 0.540. The predicted molar refractivity (Wildman–Crippen MR) is 43.3 cm³/mol. The van der Waals surface area contributed by atoms with Crippen molar-refractivity contribution in [2.45, 2.75) is 0 Å². The Morgan fingerprint density at radius 2 is 2.42 bits per heavy atom. The zero-order valence-electron chi connectivity index (χ0n) is 5.69. The van der Waals surface area contributed by atoms with Crippen LogP contribution in [0, 0.1) is 21.4 Å². The lowest BCUT2D eigenvalue weighted by atomic mass is 10.3. The van der Waals surface area contributed by atoms with Gasteiger partial charge in [-0.3, -0.25) is 0 Å². The highest BCUT2D eigenvalue weighted by atomic mass is 79.9. The molecule has 1 rings (SSSR count). The molecule has 0 aromatic carbocycles. The molecule has 0 saturated carbocycles. The molecular formula is C6H2BrN3O2. The molecule has 0 N–H and O–H groups in total. The summed E-state index contributed by atoms with van der Waals surface area (Å²) in [5, 5.41) is 18.7. The van der Waals surface area contributed by atoms with Gasteiger partial charge in [-0.1, -0.05) is 0 Å². The number of pyridine rings is 1. The lowest BCUT2D eigenvalue weighted by Gasteiger charge is -1.92. The highest BCUT2D eigenvalue weighted by Crippen LogP contribution is 2.18. The van der Waals surface area contributed by atoms with Gasteiger partial charge in [0.25, 0.3) is 0 Å². The van der Waals surface area contributed by atoms with Crippen LogP contribution in [0.2, 0.25) is 0 Å². The Morgan fingerprint density at radius 3 is 2.92 bits per heavy atom. The average Bonchev–Trinajstić information content (AvgIpc) is 2.05.